The number of aromatic nitrogens is 2. The Balaban J connectivity index is 1.57. The normalized spacial score (nSPS) is 10.2. The first kappa shape index (κ1) is 14.1. The maximum atomic E-state index is 11.7. The molecule has 2 aromatic rings. The molecule has 0 saturated carbocycles. The summed E-state index contributed by atoms with van der Waals surface area (Å²) in [6.07, 6.45) is 7.70. The van der Waals surface area contributed by atoms with Crippen molar-refractivity contribution in [1.82, 2.24) is 20.6 Å². The van der Waals surface area contributed by atoms with Crippen LogP contribution in [0.5, 0.6) is 0 Å². The molecule has 0 aliphatic carbocycles. The number of carbonyl (C=O) groups is 1. The first-order valence-electron chi connectivity index (χ1n) is 6.64. The Morgan fingerprint density at radius 1 is 1.05 bits per heavy atom. The van der Waals surface area contributed by atoms with Crippen LogP contribution in [0, 0.1) is 0 Å². The molecule has 0 fully saturated rings. The van der Waals surface area contributed by atoms with Crippen molar-refractivity contribution in [3.63, 3.8) is 0 Å². The zero-order valence-corrected chi connectivity index (χ0v) is 11.2. The van der Waals surface area contributed by atoms with E-state index < -0.39 is 0 Å². The number of hydrogen-bond acceptors (Lipinski definition) is 4. The minimum atomic E-state index is -0.0784. The molecule has 2 N–H and O–H groups in total. The zero-order chi connectivity index (χ0) is 14.0. The Kier molecular flexibility index (Phi) is 5.67. The molecule has 104 valence electrons. The van der Waals surface area contributed by atoms with Crippen molar-refractivity contribution < 1.29 is 4.79 Å². The lowest BCUT2D eigenvalue weighted by atomic mass is 10.2. The zero-order valence-electron chi connectivity index (χ0n) is 11.2. The lowest BCUT2D eigenvalue weighted by Crippen LogP contribution is -2.27. The number of pyridine rings is 2. The highest BCUT2D eigenvalue weighted by Gasteiger charge is 2.03. The molecule has 2 rings (SSSR count). The first-order chi connectivity index (χ1) is 9.86. The second-order valence-electron chi connectivity index (χ2n) is 4.39. The summed E-state index contributed by atoms with van der Waals surface area (Å²) in [5.74, 6) is -0.0784. The number of nitrogens with zero attached hydrogens (tertiary/aromatic N) is 2. The fourth-order valence-corrected chi connectivity index (χ4v) is 1.75. The van der Waals surface area contributed by atoms with Crippen LogP contribution in [0.4, 0.5) is 0 Å². The summed E-state index contributed by atoms with van der Waals surface area (Å²) in [5.41, 5.74) is 1.75. The van der Waals surface area contributed by atoms with E-state index in [-0.39, 0.29) is 5.91 Å². The van der Waals surface area contributed by atoms with Gasteiger partial charge in [0.1, 0.15) is 0 Å². The van der Waals surface area contributed by atoms with Crippen molar-refractivity contribution in [2.24, 2.45) is 0 Å². The summed E-state index contributed by atoms with van der Waals surface area (Å²) in [7, 11) is 0. The summed E-state index contributed by atoms with van der Waals surface area (Å²) in [4.78, 5) is 19.7. The summed E-state index contributed by atoms with van der Waals surface area (Å²) < 4.78 is 0. The van der Waals surface area contributed by atoms with E-state index in [9.17, 15) is 4.79 Å². The van der Waals surface area contributed by atoms with E-state index in [0.717, 1.165) is 25.1 Å². The van der Waals surface area contributed by atoms with Crippen molar-refractivity contribution >= 4 is 5.91 Å². The van der Waals surface area contributed by atoms with Gasteiger partial charge in [0.2, 0.25) is 0 Å². The Bertz CT molecular complexity index is 516. The maximum absolute atomic E-state index is 11.7. The number of amides is 1. The SMILES string of the molecule is O=C(NCCCNCc1cccnc1)c1cccnc1. The Hall–Kier alpha value is -2.27. The lowest BCUT2D eigenvalue weighted by Gasteiger charge is -2.06. The van der Waals surface area contributed by atoms with Gasteiger partial charge < -0.3 is 10.6 Å². The molecule has 5 nitrogen and oxygen atoms in total. The van der Waals surface area contributed by atoms with Crippen LogP contribution in [0.15, 0.2) is 49.1 Å². The molecule has 0 atom stereocenters. The number of carbonyl (C=O) groups excluding carboxylic acids is 1. The summed E-state index contributed by atoms with van der Waals surface area (Å²) in [5, 5.41) is 6.18. The van der Waals surface area contributed by atoms with Gasteiger partial charge in [-0.2, -0.15) is 0 Å². The van der Waals surface area contributed by atoms with E-state index in [1.807, 2.05) is 18.3 Å². The van der Waals surface area contributed by atoms with Crippen LogP contribution in [-0.2, 0) is 6.54 Å². The molecule has 0 aliphatic rings. The van der Waals surface area contributed by atoms with Crippen LogP contribution in [0.2, 0.25) is 0 Å². The van der Waals surface area contributed by atoms with Gasteiger partial charge >= 0.3 is 0 Å². The van der Waals surface area contributed by atoms with Gasteiger partial charge in [-0.1, -0.05) is 6.07 Å². The van der Waals surface area contributed by atoms with E-state index >= 15 is 0 Å². The van der Waals surface area contributed by atoms with Crippen LogP contribution in [0.25, 0.3) is 0 Å². The summed E-state index contributed by atoms with van der Waals surface area (Å²) in [6.45, 7) is 2.29. The van der Waals surface area contributed by atoms with Gasteiger partial charge in [-0.3, -0.25) is 14.8 Å². The Morgan fingerprint density at radius 3 is 2.55 bits per heavy atom. The average molecular weight is 270 g/mol. The van der Waals surface area contributed by atoms with Crippen molar-refractivity contribution in [3.05, 3.63) is 60.2 Å². The van der Waals surface area contributed by atoms with Crippen LogP contribution in [0.3, 0.4) is 0 Å². The molecule has 0 aliphatic heterocycles. The second-order valence-corrected chi connectivity index (χ2v) is 4.39. The van der Waals surface area contributed by atoms with Gasteiger partial charge in [-0.05, 0) is 36.7 Å². The molecule has 0 spiro atoms. The van der Waals surface area contributed by atoms with E-state index in [0.29, 0.717) is 12.1 Å². The lowest BCUT2D eigenvalue weighted by molar-refractivity contribution is 0.0953. The highest BCUT2D eigenvalue weighted by molar-refractivity contribution is 5.93. The molecular weight excluding hydrogens is 252 g/mol. The van der Waals surface area contributed by atoms with Crippen LogP contribution in [-0.4, -0.2) is 29.0 Å². The smallest absolute Gasteiger partial charge is 0.252 e. The number of nitrogens with one attached hydrogen (secondary N) is 2. The van der Waals surface area contributed by atoms with E-state index in [1.165, 1.54) is 0 Å². The third kappa shape index (κ3) is 4.78. The van der Waals surface area contributed by atoms with Crippen molar-refractivity contribution in [1.29, 1.82) is 0 Å². The van der Waals surface area contributed by atoms with Gasteiger partial charge in [0.05, 0.1) is 5.56 Å². The number of rotatable bonds is 7. The standard InChI is InChI=1S/C15H18N4O/c20-15(14-5-2-7-18-12-14)19-9-3-8-17-11-13-4-1-6-16-10-13/h1-2,4-7,10,12,17H,3,8-9,11H2,(H,19,20). The van der Waals surface area contributed by atoms with Crippen molar-refractivity contribution in [3.8, 4) is 0 Å². The summed E-state index contributed by atoms with van der Waals surface area (Å²) in [6, 6.07) is 7.46. The Labute approximate surface area is 118 Å². The average Bonchev–Trinajstić information content (AvgIpc) is 2.52. The van der Waals surface area contributed by atoms with E-state index in [1.54, 1.807) is 30.7 Å². The molecule has 0 unspecified atom stereocenters. The minimum Gasteiger partial charge on any atom is -0.352 e. The van der Waals surface area contributed by atoms with Gasteiger partial charge in [0.25, 0.3) is 5.91 Å². The monoisotopic (exact) mass is 270 g/mol. The van der Waals surface area contributed by atoms with Crippen LogP contribution < -0.4 is 10.6 Å². The van der Waals surface area contributed by atoms with E-state index in [2.05, 4.69) is 20.6 Å². The summed E-state index contributed by atoms with van der Waals surface area (Å²) >= 11 is 0. The highest BCUT2D eigenvalue weighted by Crippen LogP contribution is 1.95. The van der Waals surface area contributed by atoms with Crippen LogP contribution >= 0.6 is 0 Å². The first-order valence-corrected chi connectivity index (χ1v) is 6.64. The van der Waals surface area contributed by atoms with Gasteiger partial charge in [-0.25, -0.2) is 0 Å². The molecule has 5 heteroatoms. The van der Waals surface area contributed by atoms with Crippen LogP contribution in [0.1, 0.15) is 22.3 Å². The predicted molar refractivity (Wildman–Crippen MR) is 77.1 cm³/mol. The largest absolute Gasteiger partial charge is 0.352 e. The van der Waals surface area contributed by atoms with Crippen molar-refractivity contribution in [2.75, 3.05) is 13.1 Å². The second kappa shape index (κ2) is 8.01. The molecule has 2 heterocycles. The molecule has 20 heavy (non-hydrogen) atoms. The molecule has 2 aromatic heterocycles. The minimum absolute atomic E-state index is 0.0784. The highest BCUT2D eigenvalue weighted by atomic mass is 16.1. The van der Waals surface area contributed by atoms with E-state index in [4.69, 9.17) is 0 Å². The quantitative estimate of drug-likeness (QED) is 0.746. The topological polar surface area (TPSA) is 66.9 Å². The fraction of sp³-hybridized carbons (Fsp3) is 0.267. The third-order valence-corrected chi connectivity index (χ3v) is 2.79. The third-order valence-electron chi connectivity index (χ3n) is 2.79. The molecule has 0 aromatic carbocycles. The number of hydrogen-bond donors (Lipinski definition) is 2. The molecule has 0 bridgehead atoms. The Morgan fingerprint density at radius 2 is 1.85 bits per heavy atom. The van der Waals surface area contributed by atoms with Gasteiger partial charge in [0.15, 0.2) is 0 Å². The van der Waals surface area contributed by atoms with Crippen molar-refractivity contribution in [2.45, 2.75) is 13.0 Å². The fourth-order valence-electron chi connectivity index (χ4n) is 1.75. The molecule has 0 radical (unpaired) electrons. The predicted octanol–water partition coefficient (Wildman–Crippen LogP) is 1.39. The maximum Gasteiger partial charge on any atom is 0.252 e. The van der Waals surface area contributed by atoms with Gasteiger partial charge in [-0.15, -0.1) is 0 Å². The molecule has 0 saturated heterocycles. The molecule has 1 amide bonds. The van der Waals surface area contributed by atoms with Gasteiger partial charge in [0, 0.05) is 37.9 Å². The molecular formula is C15H18N4O.